The van der Waals surface area contributed by atoms with Crippen molar-refractivity contribution in [3.8, 4) is 0 Å². The molecule has 6 heteroatoms. The quantitative estimate of drug-likeness (QED) is 0.905. The molecule has 1 aromatic carbocycles. The number of hydrogen-bond donors (Lipinski definition) is 2. The lowest BCUT2D eigenvalue weighted by atomic mass is 10.1. The molecule has 21 heavy (non-hydrogen) atoms. The lowest BCUT2D eigenvalue weighted by molar-refractivity contribution is 0.0696. The second-order valence-electron chi connectivity index (χ2n) is 5.02. The maximum atomic E-state index is 12.3. The van der Waals surface area contributed by atoms with E-state index in [9.17, 15) is 9.59 Å². The van der Waals surface area contributed by atoms with Crippen LogP contribution in [0.2, 0.25) is 0 Å². The van der Waals surface area contributed by atoms with Crippen LogP contribution in [-0.2, 0) is 13.0 Å². The molecule has 0 fully saturated rings. The van der Waals surface area contributed by atoms with Crippen LogP contribution in [0.1, 0.15) is 39.3 Å². The van der Waals surface area contributed by atoms with Crippen LogP contribution in [0, 0.1) is 0 Å². The third-order valence-electron chi connectivity index (χ3n) is 3.62. The van der Waals surface area contributed by atoms with Gasteiger partial charge in [-0.15, -0.1) is 0 Å². The number of benzene rings is 1. The zero-order chi connectivity index (χ0) is 14.8. The summed E-state index contributed by atoms with van der Waals surface area (Å²) < 4.78 is 1.88. The number of carboxylic acids is 1. The molecule has 0 saturated heterocycles. The Balaban J connectivity index is 1.77. The van der Waals surface area contributed by atoms with Crippen molar-refractivity contribution in [1.29, 1.82) is 0 Å². The van der Waals surface area contributed by atoms with E-state index >= 15 is 0 Å². The Kier molecular flexibility index (Phi) is 3.43. The molecule has 2 aromatic rings. The van der Waals surface area contributed by atoms with Crippen LogP contribution < -0.4 is 5.32 Å². The first-order chi connectivity index (χ1) is 10.1. The average molecular weight is 285 g/mol. The standard InChI is InChI=1S/C15H15N3O3/c19-14(12-9-16-18-8-2-1-3-13(12)18)17-11-6-4-10(5-7-11)15(20)21/h4-7,9H,1-3,8H2,(H,17,19)(H,20,21). The third kappa shape index (κ3) is 2.65. The normalized spacial score (nSPS) is 13.5. The second-order valence-corrected chi connectivity index (χ2v) is 5.02. The topological polar surface area (TPSA) is 84.2 Å². The number of nitrogens with one attached hydrogen (secondary N) is 1. The van der Waals surface area contributed by atoms with E-state index < -0.39 is 5.97 Å². The Hall–Kier alpha value is -2.63. The summed E-state index contributed by atoms with van der Waals surface area (Å²) in [6.07, 6.45) is 4.62. The number of carbonyl (C=O) groups is 2. The van der Waals surface area contributed by atoms with Gasteiger partial charge >= 0.3 is 5.97 Å². The zero-order valence-corrected chi connectivity index (χ0v) is 11.4. The second kappa shape index (κ2) is 5.40. The molecule has 0 aliphatic carbocycles. The Morgan fingerprint density at radius 2 is 1.95 bits per heavy atom. The lowest BCUT2D eigenvalue weighted by Gasteiger charge is -2.14. The number of anilines is 1. The molecule has 2 heterocycles. The lowest BCUT2D eigenvalue weighted by Crippen LogP contribution is -2.17. The highest BCUT2D eigenvalue weighted by Gasteiger charge is 2.19. The van der Waals surface area contributed by atoms with Crippen molar-refractivity contribution in [2.24, 2.45) is 0 Å². The van der Waals surface area contributed by atoms with Gasteiger partial charge in [-0.05, 0) is 43.5 Å². The fourth-order valence-corrected chi connectivity index (χ4v) is 2.51. The minimum absolute atomic E-state index is 0.191. The zero-order valence-electron chi connectivity index (χ0n) is 11.4. The predicted octanol–water partition coefficient (Wildman–Crippen LogP) is 2.17. The Bertz CT molecular complexity index is 689. The summed E-state index contributed by atoms with van der Waals surface area (Å²) in [5.41, 5.74) is 2.33. The number of aromatic carboxylic acids is 1. The molecule has 1 aliphatic heterocycles. The van der Waals surface area contributed by atoms with Gasteiger partial charge in [-0.25, -0.2) is 4.79 Å². The van der Waals surface area contributed by atoms with Gasteiger partial charge < -0.3 is 10.4 Å². The van der Waals surface area contributed by atoms with Gasteiger partial charge in [0.15, 0.2) is 0 Å². The van der Waals surface area contributed by atoms with Crippen molar-refractivity contribution in [3.05, 3.63) is 47.3 Å². The maximum Gasteiger partial charge on any atom is 0.335 e. The van der Waals surface area contributed by atoms with E-state index in [1.54, 1.807) is 18.3 Å². The van der Waals surface area contributed by atoms with Crippen LogP contribution in [0.25, 0.3) is 0 Å². The van der Waals surface area contributed by atoms with Gasteiger partial charge in [0, 0.05) is 12.2 Å². The molecular formula is C15H15N3O3. The molecule has 0 radical (unpaired) electrons. The van der Waals surface area contributed by atoms with Crippen LogP contribution in [0.15, 0.2) is 30.5 Å². The van der Waals surface area contributed by atoms with Crippen LogP contribution in [0.4, 0.5) is 5.69 Å². The van der Waals surface area contributed by atoms with E-state index in [1.165, 1.54) is 12.1 Å². The summed E-state index contributed by atoms with van der Waals surface area (Å²) in [6.45, 7) is 0.857. The Morgan fingerprint density at radius 3 is 2.67 bits per heavy atom. The number of carboxylic acid groups (broad SMARTS) is 1. The molecule has 2 N–H and O–H groups in total. The van der Waals surface area contributed by atoms with Gasteiger partial charge in [-0.1, -0.05) is 0 Å². The molecule has 0 atom stereocenters. The van der Waals surface area contributed by atoms with Crippen molar-refractivity contribution in [2.75, 3.05) is 5.32 Å². The highest BCUT2D eigenvalue weighted by molar-refractivity contribution is 6.05. The number of aryl methyl sites for hydroxylation is 1. The van der Waals surface area contributed by atoms with Gasteiger partial charge in [0.1, 0.15) is 0 Å². The van der Waals surface area contributed by atoms with Crippen molar-refractivity contribution in [1.82, 2.24) is 9.78 Å². The average Bonchev–Trinajstić information content (AvgIpc) is 2.92. The Morgan fingerprint density at radius 1 is 1.19 bits per heavy atom. The van der Waals surface area contributed by atoms with Gasteiger partial charge in [0.2, 0.25) is 0 Å². The largest absolute Gasteiger partial charge is 0.478 e. The van der Waals surface area contributed by atoms with E-state index in [-0.39, 0.29) is 11.5 Å². The molecule has 3 rings (SSSR count). The fourth-order valence-electron chi connectivity index (χ4n) is 2.51. The molecule has 1 aliphatic rings. The molecule has 6 nitrogen and oxygen atoms in total. The molecule has 0 spiro atoms. The number of rotatable bonds is 3. The highest BCUT2D eigenvalue weighted by atomic mass is 16.4. The van der Waals surface area contributed by atoms with Crippen LogP contribution in [0.3, 0.4) is 0 Å². The number of amides is 1. The fraction of sp³-hybridized carbons (Fsp3) is 0.267. The number of aromatic nitrogens is 2. The van der Waals surface area contributed by atoms with Gasteiger partial charge in [-0.2, -0.15) is 5.10 Å². The van der Waals surface area contributed by atoms with E-state index in [4.69, 9.17) is 5.11 Å². The van der Waals surface area contributed by atoms with Gasteiger partial charge in [-0.3, -0.25) is 9.48 Å². The van der Waals surface area contributed by atoms with Crippen molar-refractivity contribution < 1.29 is 14.7 Å². The van der Waals surface area contributed by atoms with E-state index in [0.29, 0.717) is 11.3 Å². The summed E-state index contributed by atoms with van der Waals surface area (Å²) >= 11 is 0. The van der Waals surface area contributed by atoms with Crippen LogP contribution in [-0.4, -0.2) is 26.8 Å². The first kappa shape index (κ1) is 13.4. The van der Waals surface area contributed by atoms with Crippen LogP contribution in [0.5, 0.6) is 0 Å². The van der Waals surface area contributed by atoms with E-state index in [1.807, 2.05) is 4.68 Å². The number of fused-ring (bicyclic) bond motifs is 1. The molecule has 1 aromatic heterocycles. The summed E-state index contributed by atoms with van der Waals surface area (Å²) in [6, 6.07) is 6.09. The summed E-state index contributed by atoms with van der Waals surface area (Å²) in [4.78, 5) is 23.1. The van der Waals surface area contributed by atoms with Crippen LogP contribution >= 0.6 is 0 Å². The molecule has 0 bridgehead atoms. The van der Waals surface area contributed by atoms with Crippen molar-refractivity contribution in [2.45, 2.75) is 25.8 Å². The summed E-state index contributed by atoms with van der Waals surface area (Å²) in [7, 11) is 0. The van der Waals surface area contributed by atoms with Crippen molar-refractivity contribution >= 4 is 17.6 Å². The third-order valence-corrected chi connectivity index (χ3v) is 3.62. The van der Waals surface area contributed by atoms with Gasteiger partial charge in [0.25, 0.3) is 5.91 Å². The predicted molar refractivity (Wildman–Crippen MR) is 76.5 cm³/mol. The summed E-state index contributed by atoms with van der Waals surface area (Å²) in [5.74, 6) is -1.19. The number of hydrogen-bond acceptors (Lipinski definition) is 3. The first-order valence-corrected chi connectivity index (χ1v) is 6.84. The molecule has 0 saturated carbocycles. The minimum Gasteiger partial charge on any atom is -0.478 e. The SMILES string of the molecule is O=C(O)c1ccc(NC(=O)c2cnn3c2CCCC3)cc1. The smallest absolute Gasteiger partial charge is 0.335 e. The number of nitrogens with zero attached hydrogens (tertiary/aromatic N) is 2. The first-order valence-electron chi connectivity index (χ1n) is 6.84. The maximum absolute atomic E-state index is 12.3. The summed E-state index contributed by atoms with van der Waals surface area (Å²) in [5, 5.41) is 15.9. The van der Waals surface area contributed by atoms with E-state index in [2.05, 4.69) is 10.4 Å². The van der Waals surface area contributed by atoms with E-state index in [0.717, 1.165) is 31.5 Å². The van der Waals surface area contributed by atoms with Gasteiger partial charge in [0.05, 0.1) is 23.0 Å². The number of carbonyl (C=O) groups excluding carboxylic acids is 1. The van der Waals surface area contributed by atoms with Crippen molar-refractivity contribution in [3.63, 3.8) is 0 Å². The Labute approximate surface area is 121 Å². The molecule has 108 valence electrons. The molecular weight excluding hydrogens is 270 g/mol. The highest BCUT2D eigenvalue weighted by Crippen LogP contribution is 2.19. The molecule has 0 unspecified atom stereocenters. The minimum atomic E-state index is -0.987. The monoisotopic (exact) mass is 285 g/mol. The molecule has 1 amide bonds.